The number of halogens is 1. The number of carboxylic acid groups (broad SMARTS) is 1. The molecule has 0 aliphatic rings. The molecular formula is C26H29FN4O7S. The van der Waals surface area contributed by atoms with Gasteiger partial charge in [0, 0.05) is 11.6 Å². The van der Waals surface area contributed by atoms with Crippen LogP contribution in [0.15, 0.2) is 27.8 Å². The van der Waals surface area contributed by atoms with Crippen LogP contribution < -0.4 is 21.3 Å². The maximum atomic E-state index is 14.3. The zero-order valence-electron chi connectivity index (χ0n) is 22.3. The summed E-state index contributed by atoms with van der Waals surface area (Å²) in [4.78, 5) is 52.6. The average Bonchev–Trinajstić information content (AvgIpc) is 3.20. The Kier molecular flexibility index (Phi) is 8.62. The average molecular weight is 561 g/mol. The van der Waals surface area contributed by atoms with Crippen molar-refractivity contribution in [2.45, 2.75) is 58.8 Å². The first kappa shape index (κ1) is 29.5. The Morgan fingerprint density at radius 1 is 1.28 bits per heavy atom. The molecule has 0 spiro atoms. The maximum absolute atomic E-state index is 14.3. The van der Waals surface area contributed by atoms with Crippen LogP contribution in [0, 0.1) is 24.1 Å². The van der Waals surface area contributed by atoms with E-state index in [-0.39, 0.29) is 44.6 Å². The standard InChI is InChI=1S/C26H29FN4O7S/c1-13(2)29-24(35)26(4,5)31-21(32)19-14(3)20(23(33)34)39-22(19)30(25(31)36)12-18(38-10-9-28)16-11-15(27)7-8-17(16)37-6/h7-8,11,13,18H,10,12H2,1-6H3,(H,29,35)(H,33,34). The highest BCUT2D eigenvalue weighted by molar-refractivity contribution is 7.20. The van der Waals surface area contributed by atoms with E-state index in [4.69, 9.17) is 14.7 Å². The van der Waals surface area contributed by atoms with Gasteiger partial charge in [-0.25, -0.2) is 18.5 Å². The number of thiophene rings is 1. The van der Waals surface area contributed by atoms with Gasteiger partial charge in [0.25, 0.3) is 5.56 Å². The van der Waals surface area contributed by atoms with Crippen molar-refractivity contribution in [2.24, 2.45) is 0 Å². The van der Waals surface area contributed by atoms with Crippen LogP contribution in [0.4, 0.5) is 4.39 Å². The highest BCUT2D eigenvalue weighted by Gasteiger charge is 2.36. The van der Waals surface area contributed by atoms with Crippen molar-refractivity contribution in [3.8, 4) is 11.8 Å². The van der Waals surface area contributed by atoms with Gasteiger partial charge in [0.05, 0.1) is 25.1 Å². The fourth-order valence-corrected chi connectivity index (χ4v) is 5.39. The third-order valence-electron chi connectivity index (χ3n) is 6.18. The number of carbonyl (C=O) groups is 2. The second-order valence-corrected chi connectivity index (χ2v) is 10.6. The molecule has 0 saturated heterocycles. The number of aromatic nitrogens is 2. The lowest BCUT2D eigenvalue weighted by atomic mass is 10.0. The molecule has 1 atom stereocenters. The first-order valence-corrected chi connectivity index (χ1v) is 12.7. The van der Waals surface area contributed by atoms with Gasteiger partial charge in [-0.1, -0.05) is 0 Å². The van der Waals surface area contributed by atoms with Crippen molar-refractivity contribution in [3.05, 3.63) is 60.9 Å². The van der Waals surface area contributed by atoms with Crippen LogP contribution in [0.5, 0.6) is 5.75 Å². The molecule has 0 aliphatic heterocycles. The molecule has 11 nitrogen and oxygen atoms in total. The number of ether oxygens (including phenoxy) is 2. The normalized spacial score (nSPS) is 12.4. The summed E-state index contributed by atoms with van der Waals surface area (Å²) in [6.45, 7) is 6.94. The zero-order chi connectivity index (χ0) is 29.2. The number of aryl methyl sites for hydroxylation is 1. The quantitative estimate of drug-likeness (QED) is 0.384. The molecule has 208 valence electrons. The predicted molar refractivity (Wildman–Crippen MR) is 142 cm³/mol. The summed E-state index contributed by atoms with van der Waals surface area (Å²) in [7, 11) is 1.36. The third kappa shape index (κ3) is 5.57. The highest BCUT2D eigenvalue weighted by Crippen LogP contribution is 2.33. The summed E-state index contributed by atoms with van der Waals surface area (Å²) in [5, 5.41) is 21.5. The Bertz CT molecular complexity index is 1600. The topological polar surface area (TPSA) is 153 Å². The van der Waals surface area contributed by atoms with Gasteiger partial charge in [0.2, 0.25) is 5.91 Å². The summed E-state index contributed by atoms with van der Waals surface area (Å²) in [5.74, 6) is -2.29. The molecule has 0 radical (unpaired) electrons. The maximum Gasteiger partial charge on any atom is 0.346 e. The number of hydrogen-bond acceptors (Lipinski definition) is 8. The molecule has 1 unspecified atom stereocenters. The number of carboxylic acids is 1. The van der Waals surface area contributed by atoms with E-state index in [0.29, 0.717) is 0 Å². The van der Waals surface area contributed by atoms with Crippen LogP contribution in [0.2, 0.25) is 0 Å². The fourth-order valence-electron chi connectivity index (χ4n) is 4.25. The van der Waals surface area contributed by atoms with Gasteiger partial charge >= 0.3 is 11.7 Å². The number of nitrogens with one attached hydrogen (secondary N) is 1. The van der Waals surface area contributed by atoms with E-state index in [1.54, 1.807) is 13.8 Å². The van der Waals surface area contributed by atoms with E-state index >= 15 is 0 Å². The van der Waals surface area contributed by atoms with Gasteiger partial charge in [-0.15, -0.1) is 11.3 Å². The summed E-state index contributed by atoms with van der Waals surface area (Å²) >= 11 is 0.723. The first-order valence-electron chi connectivity index (χ1n) is 11.9. The van der Waals surface area contributed by atoms with Gasteiger partial charge in [0.15, 0.2) is 0 Å². The van der Waals surface area contributed by atoms with Gasteiger partial charge in [-0.05, 0) is 58.4 Å². The third-order valence-corrected chi connectivity index (χ3v) is 7.48. The number of nitrogens with zero attached hydrogens (tertiary/aromatic N) is 3. The number of benzene rings is 1. The summed E-state index contributed by atoms with van der Waals surface area (Å²) in [6, 6.07) is 5.23. The van der Waals surface area contributed by atoms with Crippen LogP contribution in [0.25, 0.3) is 10.2 Å². The van der Waals surface area contributed by atoms with E-state index in [1.165, 1.54) is 40.0 Å². The van der Waals surface area contributed by atoms with E-state index in [0.717, 1.165) is 26.5 Å². The van der Waals surface area contributed by atoms with Crippen LogP contribution in [-0.4, -0.2) is 45.9 Å². The number of nitriles is 1. The van der Waals surface area contributed by atoms with Gasteiger partial charge in [0.1, 0.15) is 39.5 Å². The van der Waals surface area contributed by atoms with E-state index in [9.17, 15) is 28.7 Å². The molecular weight excluding hydrogens is 531 g/mol. The second kappa shape index (κ2) is 11.4. The molecule has 3 aromatic rings. The lowest BCUT2D eigenvalue weighted by molar-refractivity contribution is -0.129. The molecule has 13 heteroatoms. The van der Waals surface area contributed by atoms with Crippen molar-refractivity contribution < 1.29 is 28.6 Å². The van der Waals surface area contributed by atoms with E-state index < -0.39 is 47.2 Å². The Morgan fingerprint density at radius 2 is 1.95 bits per heavy atom. The smallest absolute Gasteiger partial charge is 0.346 e. The number of amides is 1. The van der Waals surface area contributed by atoms with Crippen molar-refractivity contribution >= 4 is 33.4 Å². The Morgan fingerprint density at radius 3 is 2.51 bits per heavy atom. The lowest BCUT2D eigenvalue weighted by Gasteiger charge is -2.28. The van der Waals surface area contributed by atoms with Crippen LogP contribution >= 0.6 is 11.3 Å². The van der Waals surface area contributed by atoms with Crippen molar-refractivity contribution in [2.75, 3.05) is 13.7 Å². The molecule has 3 rings (SSSR count). The summed E-state index contributed by atoms with van der Waals surface area (Å²) < 4.78 is 27.2. The molecule has 0 fully saturated rings. The number of fused-ring (bicyclic) bond motifs is 1. The molecule has 1 aromatic carbocycles. The Labute approximate surface area is 227 Å². The van der Waals surface area contributed by atoms with Gasteiger partial charge in [-0.3, -0.25) is 14.2 Å². The largest absolute Gasteiger partial charge is 0.496 e. The predicted octanol–water partition coefficient (Wildman–Crippen LogP) is 2.92. The number of rotatable bonds is 10. The highest BCUT2D eigenvalue weighted by atomic mass is 32.1. The summed E-state index contributed by atoms with van der Waals surface area (Å²) in [6.07, 6.45) is -1.12. The second-order valence-electron chi connectivity index (χ2n) is 9.61. The van der Waals surface area contributed by atoms with Crippen molar-refractivity contribution in [1.82, 2.24) is 14.5 Å². The van der Waals surface area contributed by atoms with Crippen molar-refractivity contribution in [1.29, 1.82) is 5.26 Å². The Hall–Kier alpha value is -4.02. The molecule has 0 bridgehead atoms. The minimum absolute atomic E-state index is 0.0390. The summed E-state index contributed by atoms with van der Waals surface area (Å²) in [5.41, 5.74) is -3.09. The molecule has 39 heavy (non-hydrogen) atoms. The van der Waals surface area contributed by atoms with Crippen molar-refractivity contribution in [3.63, 3.8) is 0 Å². The molecule has 1 amide bonds. The van der Waals surface area contributed by atoms with Gasteiger partial charge in [-0.2, -0.15) is 5.26 Å². The molecule has 2 N–H and O–H groups in total. The molecule has 2 heterocycles. The minimum atomic E-state index is -1.67. The minimum Gasteiger partial charge on any atom is -0.496 e. The SMILES string of the molecule is COc1ccc(F)cc1C(Cn1c(=O)n(C(C)(C)C(=O)NC(C)C)c(=O)c2c(C)c(C(=O)O)sc21)OCC#N. The van der Waals surface area contributed by atoms with E-state index in [1.807, 2.05) is 6.07 Å². The first-order chi connectivity index (χ1) is 18.3. The number of methoxy groups -OCH3 is 1. The van der Waals surface area contributed by atoms with Crippen LogP contribution in [0.3, 0.4) is 0 Å². The lowest BCUT2D eigenvalue weighted by Crippen LogP contribution is -2.56. The fraction of sp³-hybridized carbons (Fsp3) is 0.423. The monoisotopic (exact) mass is 560 g/mol. The zero-order valence-corrected chi connectivity index (χ0v) is 23.1. The molecule has 0 aliphatic carbocycles. The van der Waals surface area contributed by atoms with Crippen LogP contribution in [0.1, 0.15) is 54.6 Å². The van der Waals surface area contributed by atoms with Crippen LogP contribution in [-0.2, 0) is 21.6 Å². The molecule has 2 aromatic heterocycles. The number of hydrogen-bond donors (Lipinski definition) is 2. The molecule has 0 saturated carbocycles. The van der Waals surface area contributed by atoms with E-state index in [2.05, 4.69) is 5.32 Å². The number of carbonyl (C=O) groups excluding carboxylic acids is 1. The van der Waals surface area contributed by atoms with Gasteiger partial charge < -0.3 is 19.9 Å². The number of aromatic carboxylic acids is 1. The Balaban J connectivity index is 2.40.